The Hall–Kier alpha value is -1.02. The van der Waals surface area contributed by atoms with Crippen LogP contribution in [0.4, 0.5) is 0 Å². The van der Waals surface area contributed by atoms with Crippen LogP contribution < -0.4 is 5.32 Å². The van der Waals surface area contributed by atoms with Crippen molar-refractivity contribution in [1.82, 2.24) is 5.32 Å². The van der Waals surface area contributed by atoms with Gasteiger partial charge >= 0.3 is 0 Å². The van der Waals surface area contributed by atoms with E-state index in [1.54, 1.807) is 11.8 Å². The van der Waals surface area contributed by atoms with Crippen molar-refractivity contribution < 1.29 is 9.59 Å². The van der Waals surface area contributed by atoms with Crippen LogP contribution in [0.25, 0.3) is 0 Å². The second kappa shape index (κ2) is 8.98. The molecule has 0 aromatic carbocycles. The van der Waals surface area contributed by atoms with Crippen LogP contribution in [0.1, 0.15) is 45.4 Å². The maximum absolute atomic E-state index is 12.0. The summed E-state index contributed by atoms with van der Waals surface area (Å²) in [5.74, 6) is -0.153. The monoisotopic (exact) mass is 282 g/mol. The van der Waals surface area contributed by atoms with E-state index < -0.39 is 11.8 Å². The summed E-state index contributed by atoms with van der Waals surface area (Å²) >= 11 is 1.65. The minimum Gasteiger partial charge on any atom is -0.352 e. The standard InChI is InChI=1S/C14H22N2O2S/c1-2-19-9-8-13(17)12(10-15)14(18)16-11-6-4-3-5-7-11/h11-12H,2-9H2,1H3,(H,16,18). The van der Waals surface area contributed by atoms with Crippen LogP contribution in [-0.2, 0) is 9.59 Å². The van der Waals surface area contributed by atoms with Gasteiger partial charge in [0.05, 0.1) is 6.07 Å². The van der Waals surface area contributed by atoms with Gasteiger partial charge in [-0.15, -0.1) is 0 Å². The number of rotatable bonds is 7. The molecule has 1 saturated carbocycles. The number of Topliss-reactive ketones (excluding diaryl/α,β-unsaturated/α-hetero) is 1. The van der Waals surface area contributed by atoms with Crippen molar-refractivity contribution in [2.75, 3.05) is 11.5 Å². The van der Waals surface area contributed by atoms with Crippen LogP contribution in [0, 0.1) is 17.2 Å². The second-order valence-corrected chi connectivity index (χ2v) is 6.21. The van der Waals surface area contributed by atoms with E-state index in [2.05, 4.69) is 5.32 Å². The summed E-state index contributed by atoms with van der Waals surface area (Å²) in [4.78, 5) is 23.8. The number of carbonyl (C=O) groups is 2. The number of ketones is 1. The summed E-state index contributed by atoms with van der Waals surface area (Å²) < 4.78 is 0. The first kappa shape index (κ1) is 16.0. The van der Waals surface area contributed by atoms with Gasteiger partial charge in [0, 0.05) is 18.2 Å². The molecular formula is C14H22N2O2S. The molecule has 1 atom stereocenters. The van der Waals surface area contributed by atoms with Gasteiger partial charge in [-0.3, -0.25) is 9.59 Å². The normalized spacial score (nSPS) is 17.5. The molecule has 5 heteroatoms. The number of hydrogen-bond acceptors (Lipinski definition) is 4. The van der Waals surface area contributed by atoms with Gasteiger partial charge in [-0.2, -0.15) is 17.0 Å². The Morgan fingerprint density at radius 2 is 2.05 bits per heavy atom. The Balaban J connectivity index is 2.42. The quantitative estimate of drug-likeness (QED) is 0.574. The highest BCUT2D eigenvalue weighted by molar-refractivity contribution is 7.99. The number of nitrogens with one attached hydrogen (secondary N) is 1. The Morgan fingerprint density at radius 1 is 1.37 bits per heavy atom. The lowest BCUT2D eigenvalue weighted by molar-refractivity contribution is -0.132. The maximum atomic E-state index is 12.0. The molecule has 0 bridgehead atoms. The maximum Gasteiger partial charge on any atom is 0.245 e. The van der Waals surface area contributed by atoms with Crippen molar-refractivity contribution in [2.45, 2.75) is 51.5 Å². The zero-order valence-electron chi connectivity index (χ0n) is 11.5. The molecule has 19 heavy (non-hydrogen) atoms. The lowest BCUT2D eigenvalue weighted by atomic mass is 9.94. The van der Waals surface area contributed by atoms with E-state index in [4.69, 9.17) is 5.26 Å². The van der Waals surface area contributed by atoms with Crippen LogP contribution in [-0.4, -0.2) is 29.2 Å². The van der Waals surface area contributed by atoms with Gasteiger partial charge in [0.2, 0.25) is 5.91 Å². The molecule has 0 aromatic heterocycles. The molecule has 0 spiro atoms. The highest BCUT2D eigenvalue weighted by Gasteiger charge is 2.27. The average molecular weight is 282 g/mol. The Morgan fingerprint density at radius 3 is 2.63 bits per heavy atom. The fourth-order valence-corrected chi connectivity index (χ4v) is 2.90. The first-order valence-corrected chi connectivity index (χ1v) is 8.15. The Kier molecular flexibility index (Phi) is 7.57. The number of thioether (sulfide) groups is 1. The lowest BCUT2D eigenvalue weighted by Crippen LogP contribution is -2.42. The largest absolute Gasteiger partial charge is 0.352 e. The van der Waals surface area contributed by atoms with Gasteiger partial charge in [0.15, 0.2) is 11.7 Å². The van der Waals surface area contributed by atoms with Crippen LogP contribution in [0.3, 0.4) is 0 Å². The molecule has 0 aromatic rings. The Bertz CT molecular complexity index is 346. The number of amides is 1. The fourth-order valence-electron chi connectivity index (χ4n) is 2.27. The van der Waals surface area contributed by atoms with Crippen LogP contribution in [0.15, 0.2) is 0 Å². The van der Waals surface area contributed by atoms with E-state index in [1.165, 1.54) is 6.42 Å². The van der Waals surface area contributed by atoms with Crippen molar-refractivity contribution in [1.29, 1.82) is 5.26 Å². The Labute approximate surface area is 119 Å². The van der Waals surface area contributed by atoms with E-state index in [0.717, 1.165) is 31.4 Å². The molecule has 1 aliphatic rings. The molecule has 0 aliphatic heterocycles. The molecule has 1 rings (SSSR count). The molecule has 0 saturated heterocycles. The van der Waals surface area contributed by atoms with Crippen molar-refractivity contribution in [2.24, 2.45) is 5.92 Å². The molecule has 1 N–H and O–H groups in total. The van der Waals surface area contributed by atoms with E-state index in [0.29, 0.717) is 12.2 Å². The molecule has 1 fully saturated rings. The van der Waals surface area contributed by atoms with Gasteiger partial charge in [0.1, 0.15) is 0 Å². The summed E-state index contributed by atoms with van der Waals surface area (Å²) in [6, 6.07) is 2.00. The molecular weight excluding hydrogens is 260 g/mol. The van der Waals surface area contributed by atoms with Gasteiger partial charge in [-0.05, 0) is 18.6 Å². The molecule has 4 nitrogen and oxygen atoms in total. The minimum absolute atomic E-state index is 0.148. The summed E-state index contributed by atoms with van der Waals surface area (Å²) in [7, 11) is 0. The third-order valence-electron chi connectivity index (χ3n) is 3.36. The van der Waals surface area contributed by atoms with E-state index in [1.807, 2.05) is 13.0 Å². The summed E-state index contributed by atoms with van der Waals surface area (Å²) in [5.41, 5.74) is 0. The van der Waals surface area contributed by atoms with Crippen molar-refractivity contribution in [3.8, 4) is 6.07 Å². The minimum atomic E-state index is -1.13. The van der Waals surface area contributed by atoms with Gasteiger partial charge in [-0.1, -0.05) is 26.2 Å². The third kappa shape index (κ3) is 5.65. The topological polar surface area (TPSA) is 70.0 Å². The molecule has 106 valence electrons. The van der Waals surface area contributed by atoms with E-state index in [9.17, 15) is 9.59 Å². The van der Waals surface area contributed by atoms with Gasteiger partial charge in [-0.25, -0.2) is 0 Å². The van der Waals surface area contributed by atoms with Crippen molar-refractivity contribution >= 4 is 23.5 Å². The van der Waals surface area contributed by atoms with E-state index >= 15 is 0 Å². The van der Waals surface area contributed by atoms with Crippen LogP contribution in [0.5, 0.6) is 0 Å². The van der Waals surface area contributed by atoms with Crippen LogP contribution >= 0.6 is 11.8 Å². The second-order valence-electron chi connectivity index (χ2n) is 4.82. The molecule has 0 heterocycles. The highest BCUT2D eigenvalue weighted by atomic mass is 32.2. The highest BCUT2D eigenvalue weighted by Crippen LogP contribution is 2.18. The molecule has 0 radical (unpaired) electrons. The lowest BCUT2D eigenvalue weighted by Gasteiger charge is -2.23. The number of nitriles is 1. The van der Waals surface area contributed by atoms with Crippen molar-refractivity contribution in [3.05, 3.63) is 0 Å². The van der Waals surface area contributed by atoms with Gasteiger partial charge < -0.3 is 5.32 Å². The van der Waals surface area contributed by atoms with Crippen molar-refractivity contribution in [3.63, 3.8) is 0 Å². The predicted molar refractivity (Wildman–Crippen MR) is 76.7 cm³/mol. The number of carbonyl (C=O) groups excluding carboxylic acids is 2. The SMILES string of the molecule is CCSCCC(=O)C(C#N)C(=O)NC1CCCCC1. The van der Waals surface area contributed by atoms with Gasteiger partial charge in [0.25, 0.3) is 0 Å². The zero-order valence-corrected chi connectivity index (χ0v) is 12.3. The summed E-state index contributed by atoms with van der Waals surface area (Å²) in [5, 5.41) is 11.9. The van der Waals surface area contributed by atoms with E-state index in [-0.39, 0.29) is 11.8 Å². The summed E-state index contributed by atoms with van der Waals surface area (Å²) in [6.07, 6.45) is 5.66. The molecule has 1 unspecified atom stereocenters. The average Bonchev–Trinajstić information content (AvgIpc) is 2.41. The number of hydrogen-bond donors (Lipinski definition) is 1. The fraction of sp³-hybridized carbons (Fsp3) is 0.786. The van der Waals surface area contributed by atoms with Crippen LogP contribution in [0.2, 0.25) is 0 Å². The smallest absolute Gasteiger partial charge is 0.245 e. The summed E-state index contributed by atoms with van der Waals surface area (Å²) in [6.45, 7) is 2.02. The predicted octanol–water partition coefficient (Wildman–Crippen LogP) is 2.29. The first-order valence-electron chi connectivity index (χ1n) is 6.99. The number of nitrogens with zero attached hydrogens (tertiary/aromatic N) is 1. The zero-order chi connectivity index (χ0) is 14.1. The molecule has 1 amide bonds. The first-order chi connectivity index (χ1) is 9.19. The third-order valence-corrected chi connectivity index (χ3v) is 4.26. The molecule has 1 aliphatic carbocycles.